The summed E-state index contributed by atoms with van der Waals surface area (Å²) >= 11 is 14.0. The molecule has 0 spiro atoms. The zero-order valence-corrected chi connectivity index (χ0v) is 37.9. The lowest BCUT2D eigenvalue weighted by Gasteiger charge is -2.22. The second-order valence-corrected chi connectivity index (χ2v) is 14.0. The van der Waals surface area contributed by atoms with Crippen LogP contribution in [0.2, 0.25) is 0 Å². The van der Waals surface area contributed by atoms with Gasteiger partial charge in [-0.3, -0.25) is 9.59 Å². The van der Waals surface area contributed by atoms with Gasteiger partial charge < -0.3 is 14.2 Å². The number of hydrogen-bond donors (Lipinski definition) is 0. The summed E-state index contributed by atoms with van der Waals surface area (Å²) in [6.45, 7) is 15.9. The van der Waals surface area contributed by atoms with Crippen molar-refractivity contribution in [2.45, 2.75) is 132 Å². The van der Waals surface area contributed by atoms with E-state index >= 15 is 0 Å². The van der Waals surface area contributed by atoms with Crippen molar-refractivity contribution in [2.24, 2.45) is 11.8 Å². The van der Waals surface area contributed by atoms with Crippen molar-refractivity contribution in [3.05, 3.63) is 12.7 Å². The van der Waals surface area contributed by atoms with Gasteiger partial charge in [-0.15, -0.1) is 0 Å². The van der Waals surface area contributed by atoms with Crippen LogP contribution in [0.1, 0.15) is 113 Å². The van der Waals surface area contributed by atoms with Crippen molar-refractivity contribution in [3.8, 4) is 0 Å². The van der Waals surface area contributed by atoms with E-state index in [0.717, 1.165) is 54.3 Å². The molecule has 0 aromatic rings. The van der Waals surface area contributed by atoms with E-state index in [-0.39, 0.29) is 53.6 Å². The molecule has 0 aliphatic heterocycles. The molecule has 18 heteroatoms. The lowest BCUT2D eigenvalue weighted by atomic mass is 9.87. The topological polar surface area (TPSA) is 215 Å². The van der Waals surface area contributed by atoms with Crippen LogP contribution in [0.15, 0.2) is 12.7 Å². The summed E-state index contributed by atoms with van der Waals surface area (Å²) in [5.74, 6) is 0.136. The van der Waals surface area contributed by atoms with Gasteiger partial charge in [0.05, 0.1) is 21.3 Å². The molecule has 0 N–H and O–H groups in total. The van der Waals surface area contributed by atoms with Gasteiger partial charge in [0, 0.05) is 15.7 Å². The van der Waals surface area contributed by atoms with E-state index < -0.39 is 5.97 Å². The van der Waals surface area contributed by atoms with Gasteiger partial charge in [-0.25, -0.2) is 4.79 Å². The van der Waals surface area contributed by atoms with E-state index in [0.29, 0.717) is 11.8 Å². The quantitative estimate of drug-likeness (QED) is 0.0580. The number of rotatable bonds is 17. The predicted molar refractivity (Wildman–Crippen MR) is 211 cm³/mol. The number of halogens is 4. The van der Waals surface area contributed by atoms with E-state index in [1.807, 2.05) is 13.8 Å². The number of carbonyl (C=O) groups is 3. The molecule has 0 heterocycles. The fourth-order valence-electron chi connectivity index (χ4n) is 3.34. The highest BCUT2D eigenvalue weighted by molar-refractivity contribution is 9.10. The summed E-state index contributed by atoms with van der Waals surface area (Å²) in [4.78, 5) is 98.8. The number of alkyl halides is 4. The summed E-state index contributed by atoms with van der Waals surface area (Å²) in [6.07, 6.45) is 12.9. The van der Waals surface area contributed by atoms with Gasteiger partial charge in [0.15, 0.2) is 0 Å². The highest BCUT2D eigenvalue weighted by Crippen LogP contribution is 2.28. The van der Waals surface area contributed by atoms with Crippen LogP contribution in [0.3, 0.4) is 0 Å². The zero-order chi connectivity index (χ0) is 42.9. The van der Waals surface area contributed by atoms with Crippen LogP contribution in [-0.4, -0.2) is 83.2 Å². The Hall–Kier alpha value is -2.41. The SMILES string of the molecule is C.C=CC(=O)OC.CC.CCC(Br)CCC(Br)CC.CCC(CCC(CC)CC(Br)C(=O)OC)CC(Br)C(=O)OC.O=C=O.O=C=O.O=C=O.O=C=O. The Balaban J connectivity index is -0.0000000737. The number of ether oxygens (including phenoxy) is 3. The highest BCUT2D eigenvalue weighted by atomic mass is 79.9. The molecule has 0 fully saturated rings. The van der Waals surface area contributed by atoms with Crippen molar-refractivity contribution >= 4 is 106 Å². The van der Waals surface area contributed by atoms with Crippen LogP contribution >= 0.6 is 63.7 Å². The van der Waals surface area contributed by atoms with Crippen LogP contribution in [0.25, 0.3) is 0 Å². The monoisotopic (exact) mass is 1020 g/mol. The third kappa shape index (κ3) is 71.7. The minimum atomic E-state index is -0.394. The van der Waals surface area contributed by atoms with Crippen LogP contribution in [0.5, 0.6) is 0 Å². The Morgan fingerprint density at radius 1 is 0.547 bits per heavy atom. The molecule has 6 unspecified atom stereocenters. The Morgan fingerprint density at radius 3 is 0.925 bits per heavy atom. The van der Waals surface area contributed by atoms with E-state index in [1.165, 1.54) is 47.0 Å². The number of methoxy groups -OCH3 is 3. The Labute approximate surface area is 349 Å². The molecule has 6 atom stereocenters. The second kappa shape index (κ2) is 64.5. The molecular formula is C35H60Br4O14. The molecular weight excluding hydrogens is 964 g/mol. The third-order valence-corrected chi connectivity index (χ3v) is 9.89. The summed E-state index contributed by atoms with van der Waals surface area (Å²) in [6, 6.07) is 0. The summed E-state index contributed by atoms with van der Waals surface area (Å²) in [5.41, 5.74) is 0. The third-order valence-electron chi connectivity index (χ3n) is 6.18. The summed E-state index contributed by atoms with van der Waals surface area (Å²) < 4.78 is 13.6. The highest BCUT2D eigenvalue weighted by Gasteiger charge is 2.23. The van der Waals surface area contributed by atoms with E-state index in [2.05, 4.69) is 103 Å². The van der Waals surface area contributed by atoms with E-state index in [1.54, 1.807) is 0 Å². The molecule has 0 saturated heterocycles. The lowest BCUT2D eigenvalue weighted by Crippen LogP contribution is -2.21. The van der Waals surface area contributed by atoms with E-state index in [9.17, 15) is 14.4 Å². The average molecular weight is 1020 g/mol. The molecule has 0 radical (unpaired) electrons. The first kappa shape index (κ1) is 71.9. The maximum absolute atomic E-state index is 11.5. The van der Waals surface area contributed by atoms with Crippen molar-refractivity contribution in [3.63, 3.8) is 0 Å². The smallest absolute Gasteiger partial charge is 0.373 e. The molecule has 53 heavy (non-hydrogen) atoms. The first-order chi connectivity index (χ1) is 24.6. The van der Waals surface area contributed by atoms with Gasteiger partial charge in [0.2, 0.25) is 0 Å². The molecule has 0 saturated carbocycles. The van der Waals surface area contributed by atoms with Gasteiger partial charge in [-0.2, -0.15) is 38.4 Å². The molecule has 0 aliphatic carbocycles. The molecule has 0 bridgehead atoms. The number of carbonyl (C=O) groups excluding carboxylic acids is 11. The fourth-order valence-corrected chi connectivity index (χ4v) is 5.30. The molecule has 0 rings (SSSR count). The molecule has 312 valence electrons. The van der Waals surface area contributed by atoms with Gasteiger partial charge in [-0.1, -0.05) is 145 Å². The molecule has 0 aromatic carbocycles. The molecule has 0 amide bonds. The second-order valence-electron chi connectivity index (χ2n) is 9.23. The zero-order valence-electron chi connectivity index (χ0n) is 31.5. The summed E-state index contributed by atoms with van der Waals surface area (Å²) in [7, 11) is 4.13. The minimum Gasteiger partial charge on any atom is -0.468 e. The van der Waals surface area contributed by atoms with Gasteiger partial charge in [0.1, 0.15) is 9.65 Å². The Bertz CT molecular complexity index is 868. The lowest BCUT2D eigenvalue weighted by molar-refractivity contribution is -0.193. The largest absolute Gasteiger partial charge is 0.468 e. The molecule has 14 nitrogen and oxygen atoms in total. The Kier molecular flexibility index (Phi) is 87.6. The summed E-state index contributed by atoms with van der Waals surface area (Å²) in [5, 5.41) is 0. The maximum Gasteiger partial charge on any atom is 0.373 e. The van der Waals surface area contributed by atoms with Crippen LogP contribution in [0.4, 0.5) is 0 Å². The fraction of sp³-hybridized carbons (Fsp3) is 0.743. The van der Waals surface area contributed by atoms with Gasteiger partial charge in [-0.05, 0) is 50.4 Å². The first-order valence-corrected chi connectivity index (χ1v) is 19.6. The minimum absolute atomic E-state index is 0. The average Bonchev–Trinajstić information content (AvgIpc) is 3.15. The van der Waals surface area contributed by atoms with Gasteiger partial charge in [0.25, 0.3) is 0 Å². The van der Waals surface area contributed by atoms with Crippen molar-refractivity contribution < 1.29 is 67.0 Å². The predicted octanol–water partition coefficient (Wildman–Crippen LogP) is 8.26. The van der Waals surface area contributed by atoms with Crippen molar-refractivity contribution in [1.82, 2.24) is 0 Å². The maximum atomic E-state index is 11.5. The standard InChI is InChI=1S/C16H28Br2O4.C8H16Br2.C4H6O2.C2H6.4CO2.CH4/c1-5-11(9-13(17)15(19)21-3)7-8-12(6-2)10-14(18)16(20)22-4;1-3-7(9)5-6-8(10)4-2;1-3-4(5)6-2;1-2;4*2-1-3;/h11-14H,5-10H2,1-4H3;7-8H,3-6H2,1-2H3;3H,1H2,2H3;1-2H3;;;;;1H4. The normalized spacial score (nSPS) is 11.5. The Morgan fingerprint density at radius 2 is 0.792 bits per heavy atom. The molecule has 0 aliphatic rings. The van der Waals surface area contributed by atoms with Crippen molar-refractivity contribution in [1.29, 1.82) is 0 Å². The van der Waals surface area contributed by atoms with Crippen LogP contribution in [-0.2, 0) is 67.0 Å². The first-order valence-electron chi connectivity index (χ1n) is 16.0. The van der Waals surface area contributed by atoms with Crippen molar-refractivity contribution in [2.75, 3.05) is 21.3 Å². The van der Waals surface area contributed by atoms with Crippen LogP contribution in [0, 0.1) is 11.8 Å². The number of esters is 3. The molecule has 0 aromatic heterocycles. The van der Waals surface area contributed by atoms with E-state index in [4.69, 9.17) is 47.8 Å². The van der Waals surface area contributed by atoms with Crippen LogP contribution < -0.4 is 0 Å². The van der Waals surface area contributed by atoms with Gasteiger partial charge >= 0.3 is 42.5 Å². The number of hydrogen-bond acceptors (Lipinski definition) is 14.